The molecule has 1 aliphatic carbocycles. The van der Waals surface area contributed by atoms with Crippen molar-refractivity contribution in [2.24, 2.45) is 0 Å². The number of nitrogens with zero attached hydrogens (tertiary/aromatic N) is 1. The molecule has 3 aromatic rings. The first-order valence-electron chi connectivity index (χ1n) is 13.2. The SMILES string of the molecule is O=C(C1=C(c2ccc(OCCOc3ccccc3Cl)cc2)CC(CO)NC1)N(Cc1cccc(Cl)c1)C1CC1. The Kier molecular flexibility index (Phi) is 9.09. The summed E-state index contributed by atoms with van der Waals surface area (Å²) in [5.41, 5.74) is 3.68. The van der Waals surface area contributed by atoms with Crippen molar-refractivity contribution in [1.29, 1.82) is 0 Å². The quantitative estimate of drug-likeness (QED) is 0.289. The third kappa shape index (κ3) is 7.14. The third-order valence-corrected chi connectivity index (χ3v) is 7.55. The van der Waals surface area contributed by atoms with Crippen LogP contribution in [0.25, 0.3) is 5.57 Å². The number of aliphatic hydroxyl groups excluding tert-OH is 1. The molecule has 1 fully saturated rings. The molecule has 1 aliphatic heterocycles. The maximum atomic E-state index is 13.9. The smallest absolute Gasteiger partial charge is 0.251 e. The fourth-order valence-electron chi connectivity index (χ4n) is 4.80. The number of hydrogen-bond acceptors (Lipinski definition) is 5. The van der Waals surface area contributed by atoms with Crippen LogP contribution in [0, 0.1) is 0 Å². The lowest BCUT2D eigenvalue weighted by atomic mass is 9.89. The van der Waals surface area contributed by atoms with Crippen LogP contribution in [0.15, 0.2) is 78.4 Å². The number of rotatable bonds is 11. The summed E-state index contributed by atoms with van der Waals surface area (Å²) in [6.45, 7) is 1.67. The molecule has 6 nitrogen and oxygen atoms in total. The standard InChI is InChI=1S/C31H32Cl2N2O4/c32-23-5-3-4-21(16-23)19-35(25-10-11-25)31(37)28-18-34-24(20-36)17-27(28)22-8-12-26(13-9-22)38-14-15-39-30-7-2-1-6-29(30)33/h1-9,12-13,16,24-25,34,36H,10-11,14-15,17-20H2. The Morgan fingerprint density at radius 3 is 2.46 bits per heavy atom. The molecular formula is C31H32Cl2N2O4. The zero-order valence-electron chi connectivity index (χ0n) is 21.6. The lowest BCUT2D eigenvalue weighted by molar-refractivity contribution is -0.128. The number of para-hydroxylation sites is 1. The Bertz CT molecular complexity index is 1320. The summed E-state index contributed by atoms with van der Waals surface area (Å²) < 4.78 is 11.6. The van der Waals surface area contributed by atoms with Crippen LogP contribution >= 0.6 is 23.2 Å². The second kappa shape index (κ2) is 12.9. The van der Waals surface area contributed by atoms with Crippen LogP contribution < -0.4 is 14.8 Å². The van der Waals surface area contributed by atoms with E-state index >= 15 is 0 Å². The van der Waals surface area contributed by atoms with E-state index in [0.29, 0.717) is 54.3 Å². The number of amides is 1. The van der Waals surface area contributed by atoms with E-state index in [2.05, 4.69) is 5.32 Å². The molecule has 1 saturated carbocycles. The number of halogens is 2. The van der Waals surface area contributed by atoms with Crippen LogP contribution in [-0.2, 0) is 11.3 Å². The lowest BCUT2D eigenvalue weighted by Gasteiger charge is -2.31. The maximum absolute atomic E-state index is 13.9. The normalized spacial score (nSPS) is 17.2. The van der Waals surface area contributed by atoms with Gasteiger partial charge in [-0.2, -0.15) is 0 Å². The molecule has 0 aromatic heterocycles. The third-order valence-electron chi connectivity index (χ3n) is 7.00. The van der Waals surface area contributed by atoms with Crippen molar-refractivity contribution in [2.45, 2.75) is 37.9 Å². The van der Waals surface area contributed by atoms with Crippen molar-refractivity contribution >= 4 is 34.7 Å². The Balaban J connectivity index is 1.30. The molecule has 204 valence electrons. The van der Waals surface area contributed by atoms with Crippen molar-refractivity contribution in [3.63, 3.8) is 0 Å². The van der Waals surface area contributed by atoms with Gasteiger partial charge in [-0.15, -0.1) is 0 Å². The van der Waals surface area contributed by atoms with E-state index in [1.807, 2.05) is 71.6 Å². The maximum Gasteiger partial charge on any atom is 0.251 e. The fourth-order valence-corrected chi connectivity index (χ4v) is 5.21. The van der Waals surface area contributed by atoms with Crippen LogP contribution in [0.3, 0.4) is 0 Å². The average Bonchev–Trinajstić information content (AvgIpc) is 3.80. The zero-order chi connectivity index (χ0) is 27.2. The van der Waals surface area contributed by atoms with Gasteiger partial charge in [0.1, 0.15) is 24.7 Å². The van der Waals surface area contributed by atoms with Crippen molar-refractivity contribution in [2.75, 3.05) is 26.4 Å². The van der Waals surface area contributed by atoms with Crippen LogP contribution in [-0.4, -0.2) is 54.4 Å². The van der Waals surface area contributed by atoms with Crippen LogP contribution in [0.1, 0.15) is 30.4 Å². The predicted octanol–water partition coefficient (Wildman–Crippen LogP) is 5.75. The Hall–Kier alpha value is -3.03. The molecule has 3 aromatic carbocycles. The molecule has 0 radical (unpaired) electrons. The summed E-state index contributed by atoms with van der Waals surface area (Å²) >= 11 is 12.3. The molecule has 1 atom stereocenters. The monoisotopic (exact) mass is 566 g/mol. The number of carbonyl (C=O) groups excluding carboxylic acids is 1. The van der Waals surface area contributed by atoms with Gasteiger partial charge in [0.25, 0.3) is 5.91 Å². The Morgan fingerprint density at radius 2 is 1.74 bits per heavy atom. The first-order chi connectivity index (χ1) is 19.0. The van der Waals surface area contributed by atoms with Crippen molar-refractivity contribution in [3.8, 4) is 11.5 Å². The first-order valence-corrected chi connectivity index (χ1v) is 14.0. The van der Waals surface area contributed by atoms with Crippen molar-refractivity contribution in [1.82, 2.24) is 10.2 Å². The number of benzene rings is 3. The second-order valence-electron chi connectivity index (χ2n) is 9.87. The molecule has 39 heavy (non-hydrogen) atoms. The highest BCUT2D eigenvalue weighted by Gasteiger charge is 2.36. The minimum atomic E-state index is -0.100. The highest BCUT2D eigenvalue weighted by Crippen LogP contribution is 2.34. The van der Waals surface area contributed by atoms with E-state index in [-0.39, 0.29) is 24.6 Å². The topological polar surface area (TPSA) is 71.0 Å². The summed E-state index contributed by atoms with van der Waals surface area (Å²) in [6, 6.07) is 22.9. The number of carbonyl (C=O) groups is 1. The van der Waals surface area contributed by atoms with E-state index in [1.165, 1.54) is 0 Å². The molecule has 1 amide bonds. The first kappa shape index (κ1) is 27.5. The molecule has 0 spiro atoms. The predicted molar refractivity (Wildman–Crippen MR) is 154 cm³/mol. The van der Waals surface area contributed by atoms with Crippen LogP contribution in [0.5, 0.6) is 11.5 Å². The van der Waals surface area contributed by atoms with Gasteiger partial charge in [0, 0.05) is 35.8 Å². The largest absolute Gasteiger partial charge is 0.490 e. The summed E-state index contributed by atoms with van der Waals surface area (Å²) in [6.07, 6.45) is 2.58. The summed E-state index contributed by atoms with van der Waals surface area (Å²) in [7, 11) is 0. The molecule has 0 saturated heterocycles. The van der Waals surface area contributed by atoms with Gasteiger partial charge in [-0.3, -0.25) is 4.79 Å². The van der Waals surface area contributed by atoms with Crippen LogP contribution in [0.2, 0.25) is 10.0 Å². The molecule has 5 rings (SSSR count). The number of nitrogens with one attached hydrogen (secondary N) is 1. The Labute approximate surface area is 239 Å². The van der Waals surface area contributed by atoms with Gasteiger partial charge in [0.15, 0.2) is 0 Å². The summed E-state index contributed by atoms with van der Waals surface area (Å²) in [4.78, 5) is 15.9. The van der Waals surface area contributed by atoms with Gasteiger partial charge >= 0.3 is 0 Å². The van der Waals surface area contributed by atoms with Gasteiger partial charge in [-0.25, -0.2) is 0 Å². The van der Waals surface area contributed by atoms with Gasteiger partial charge < -0.3 is 24.8 Å². The molecule has 1 heterocycles. The Morgan fingerprint density at radius 1 is 0.974 bits per heavy atom. The highest BCUT2D eigenvalue weighted by atomic mass is 35.5. The molecular weight excluding hydrogens is 535 g/mol. The summed E-state index contributed by atoms with van der Waals surface area (Å²) in [5, 5.41) is 14.4. The van der Waals surface area contributed by atoms with Gasteiger partial charge in [0.05, 0.1) is 11.6 Å². The fraction of sp³-hybridized carbons (Fsp3) is 0.323. The molecule has 8 heteroatoms. The molecule has 2 N–H and O–H groups in total. The molecule has 0 bridgehead atoms. The van der Waals surface area contributed by atoms with E-state index in [0.717, 1.165) is 35.1 Å². The van der Waals surface area contributed by atoms with E-state index in [4.69, 9.17) is 32.7 Å². The molecule has 2 aliphatic rings. The lowest BCUT2D eigenvalue weighted by Crippen LogP contribution is -2.43. The minimum absolute atomic E-state index is 0.00640. The van der Waals surface area contributed by atoms with Gasteiger partial charge in [-0.05, 0) is 72.4 Å². The van der Waals surface area contributed by atoms with Crippen LogP contribution in [0.4, 0.5) is 0 Å². The van der Waals surface area contributed by atoms with Crippen molar-refractivity contribution in [3.05, 3.63) is 99.5 Å². The minimum Gasteiger partial charge on any atom is -0.490 e. The number of aliphatic hydroxyl groups is 1. The van der Waals surface area contributed by atoms with E-state index in [1.54, 1.807) is 6.07 Å². The zero-order valence-corrected chi connectivity index (χ0v) is 23.1. The highest BCUT2D eigenvalue weighted by molar-refractivity contribution is 6.32. The summed E-state index contributed by atoms with van der Waals surface area (Å²) in [5.74, 6) is 1.37. The second-order valence-corrected chi connectivity index (χ2v) is 10.7. The average molecular weight is 568 g/mol. The van der Waals surface area contributed by atoms with E-state index < -0.39 is 0 Å². The number of hydrogen-bond donors (Lipinski definition) is 2. The van der Waals surface area contributed by atoms with E-state index in [9.17, 15) is 9.90 Å². The number of ether oxygens (including phenoxy) is 2. The molecule has 1 unspecified atom stereocenters. The van der Waals surface area contributed by atoms with Crippen molar-refractivity contribution < 1.29 is 19.4 Å². The van der Waals surface area contributed by atoms with Gasteiger partial charge in [0.2, 0.25) is 0 Å². The van der Waals surface area contributed by atoms with Gasteiger partial charge in [-0.1, -0.05) is 59.6 Å².